The number of para-hydroxylation sites is 1. The lowest BCUT2D eigenvalue weighted by atomic mass is 10.2. The maximum atomic E-state index is 12.5. The SMILES string of the molecule is CCOc1ccccc1C(=O)NCC(=O)N1CCN(Cc2ccncc2)CC1. The van der Waals surface area contributed by atoms with Crippen LogP contribution in [0.15, 0.2) is 48.8 Å². The monoisotopic (exact) mass is 382 g/mol. The molecule has 0 spiro atoms. The normalized spacial score (nSPS) is 14.5. The molecule has 1 aliphatic heterocycles. The van der Waals surface area contributed by atoms with Gasteiger partial charge in [-0.2, -0.15) is 0 Å². The van der Waals surface area contributed by atoms with Crippen LogP contribution in [0, 0.1) is 0 Å². The zero-order chi connectivity index (χ0) is 19.8. The van der Waals surface area contributed by atoms with E-state index in [1.54, 1.807) is 35.5 Å². The molecule has 3 rings (SSSR count). The minimum atomic E-state index is -0.297. The van der Waals surface area contributed by atoms with Gasteiger partial charge in [0.15, 0.2) is 0 Å². The lowest BCUT2D eigenvalue weighted by molar-refractivity contribution is -0.131. The first-order chi connectivity index (χ1) is 13.7. The Hall–Kier alpha value is -2.93. The number of piperazine rings is 1. The van der Waals surface area contributed by atoms with Crippen molar-refractivity contribution in [3.05, 3.63) is 59.9 Å². The van der Waals surface area contributed by atoms with Crippen molar-refractivity contribution in [2.45, 2.75) is 13.5 Å². The summed E-state index contributed by atoms with van der Waals surface area (Å²) < 4.78 is 5.48. The molecule has 2 aromatic rings. The van der Waals surface area contributed by atoms with Gasteiger partial charge < -0.3 is 15.0 Å². The summed E-state index contributed by atoms with van der Waals surface area (Å²) in [7, 11) is 0. The lowest BCUT2D eigenvalue weighted by Gasteiger charge is -2.34. The van der Waals surface area contributed by atoms with E-state index in [9.17, 15) is 9.59 Å². The third kappa shape index (κ3) is 5.29. The highest BCUT2D eigenvalue weighted by Crippen LogP contribution is 2.17. The fourth-order valence-corrected chi connectivity index (χ4v) is 3.20. The molecule has 7 nitrogen and oxygen atoms in total. The molecule has 1 fully saturated rings. The Bertz CT molecular complexity index is 789. The van der Waals surface area contributed by atoms with E-state index >= 15 is 0 Å². The number of nitrogens with zero attached hydrogens (tertiary/aromatic N) is 3. The zero-order valence-corrected chi connectivity index (χ0v) is 16.1. The van der Waals surface area contributed by atoms with Crippen molar-refractivity contribution in [1.82, 2.24) is 20.1 Å². The van der Waals surface area contributed by atoms with Crippen LogP contribution < -0.4 is 10.1 Å². The van der Waals surface area contributed by atoms with Gasteiger partial charge in [0.2, 0.25) is 5.91 Å². The molecule has 0 unspecified atom stereocenters. The summed E-state index contributed by atoms with van der Waals surface area (Å²) in [6.07, 6.45) is 3.59. The number of amides is 2. The van der Waals surface area contributed by atoms with Gasteiger partial charge in [-0.3, -0.25) is 19.5 Å². The van der Waals surface area contributed by atoms with Crippen molar-refractivity contribution < 1.29 is 14.3 Å². The molecule has 0 radical (unpaired) electrons. The highest BCUT2D eigenvalue weighted by atomic mass is 16.5. The van der Waals surface area contributed by atoms with E-state index in [1.807, 2.05) is 25.1 Å². The van der Waals surface area contributed by atoms with Crippen molar-refractivity contribution in [2.75, 3.05) is 39.3 Å². The minimum Gasteiger partial charge on any atom is -0.493 e. The molecular formula is C21H26N4O3. The summed E-state index contributed by atoms with van der Waals surface area (Å²) in [5.41, 5.74) is 1.66. The summed E-state index contributed by atoms with van der Waals surface area (Å²) in [5.74, 6) is 0.166. The van der Waals surface area contributed by atoms with E-state index in [1.165, 1.54) is 5.56 Å². The fourth-order valence-electron chi connectivity index (χ4n) is 3.20. The van der Waals surface area contributed by atoms with Gasteiger partial charge in [0.05, 0.1) is 18.7 Å². The molecule has 1 aromatic heterocycles. The highest BCUT2D eigenvalue weighted by molar-refractivity contribution is 5.98. The van der Waals surface area contributed by atoms with Crippen LogP contribution in [0.5, 0.6) is 5.75 Å². The number of carbonyl (C=O) groups is 2. The Morgan fingerprint density at radius 1 is 1.07 bits per heavy atom. The molecule has 0 atom stereocenters. The summed E-state index contributed by atoms with van der Waals surface area (Å²) in [4.78, 5) is 33.0. The molecular weight excluding hydrogens is 356 g/mol. The lowest BCUT2D eigenvalue weighted by Crippen LogP contribution is -2.50. The second-order valence-electron chi connectivity index (χ2n) is 6.62. The van der Waals surface area contributed by atoms with E-state index in [0.717, 1.165) is 19.6 Å². The third-order valence-electron chi connectivity index (χ3n) is 4.71. The van der Waals surface area contributed by atoms with E-state index in [4.69, 9.17) is 4.74 Å². The smallest absolute Gasteiger partial charge is 0.255 e. The maximum Gasteiger partial charge on any atom is 0.255 e. The van der Waals surface area contributed by atoms with Crippen LogP contribution in [0.1, 0.15) is 22.8 Å². The molecule has 1 N–H and O–H groups in total. The van der Waals surface area contributed by atoms with Crippen molar-refractivity contribution >= 4 is 11.8 Å². The Kier molecular flexibility index (Phi) is 6.97. The number of hydrogen-bond acceptors (Lipinski definition) is 5. The molecule has 2 amide bonds. The van der Waals surface area contributed by atoms with Gasteiger partial charge in [-0.15, -0.1) is 0 Å². The number of nitrogens with one attached hydrogen (secondary N) is 1. The van der Waals surface area contributed by atoms with Crippen LogP contribution >= 0.6 is 0 Å². The highest BCUT2D eigenvalue weighted by Gasteiger charge is 2.22. The summed E-state index contributed by atoms with van der Waals surface area (Å²) in [6, 6.07) is 11.1. The maximum absolute atomic E-state index is 12.5. The van der Waals surface area contributed by atoms with Crippen molar-refractivity contribution in [2.24, 2.45) is 0 Å². The quantitative estimate of drug-likeness (QED) is 0.787. The van der Waals surface area contributed by atoms with Crippen LogP contribution in [-0.2, 0) is 11.3 Å². The molecule has 7 heteroatoms. The Morgan fingerprint density at radius 2 is 1.79 bits per heavy atom. The number of carbonyl (C=O) groups excluding carboxylic acids is 2. The molecule has 1 saturated heterocycles. The molecule has 0 saturated carbocycles. The molecule has 1 aromatic carbocycles. The molecule has 0 aliphatic carbocycles. The predicted octanol–water partition coefficient (Wildman–Crippen LogP) is 1.55. The van der Waals surface area contributed by atoms with Gasteiger partial charge in [0.25, 0.3) is 5.91 Å². The van der Waals surface area contributed by atoms with Crippen LogP contribution in [0.2, 0.25) is 0 Å². The van der Waals surface area contributed by atoms with Crippen molar-refractivity contribution in [3.8, 4) is 5.75 Å². The van der Waals surface area contributed by atoms with E-state index in [-0.39, 0.29) is 18.4 Å². The van der Waals surface area contributed by atoms with Gasteiger partial charge in [-0.25, -0.2) is 0 Å². The van der Waals surface area contributed by atoms with Crippen molar-refractivity contribution in [3.63, 3.8) is 0 Å². The van der Waals surface area contributed by atoms with Crippen LogP contribution in [0.3, 0.4) is 0 Å². The predicted molar refractivity (Wildman–Crippen MR) is 106 cm³/mol. The first kappa shape index (κ1) is 19.8. The van der Waals surface area contributed by atoms with Crippen molar-refractivity contribution in [1.29, 1.82) is 0 Å². The standard InChI is InChI=1S/C21H26N4O3/c1-2-28-19-6-4-3-5-18(19)21(27)23-15-20(26)25-13-11-24(12-14-25)16-17-7-9-22-10-8-17/h3-10H,2,11-16H2,1H3,(H,23,27). The van der Waals surface area contributed by atoms with Crippen LogP contribution in [-0.4, -0.2) is 65.9 Å². The zero-order valence-electron chi connectivity index (χ0n) is 16.1. The molecule has 28 heavy (non-hydrogen) atoms. The van der Waals surface area contributed by atoms with E-state index in [0.29, 0.717) is 31.0 Å². The van der Waals surface area contributed by atoms with Crippen LogP contribution in [0.25, 0.3) is 0 Å². The fraction of sp³-hybridized carbons (Fsp3) is 0.381. The first-order valence-corrected chi connectivity index (χ1v) is 9.56. The number of aromatic nitrogens is 1. The first-order valence-electron chi connectivity index (χ1n) is 9.56. The average molecular weight is 382 g/mol. The number of benzene rings is 1. The minimum absolute atomic E-state index is 0.0103. The van der Waals surface area contributed by atoms with Gasteiger partial charge >= 0.3 is 0 Å². The average Bonchev–Trinajstić information content (AvgIpc) is 2.74. The largest absolute Gasteiger partial charge is 0.493 e. The van der Waals surface area contributed by atoms with Gasteiger partial charge in [0.1, 0.15) is 5.75 Å². The van der Waals surface area contributed by atoms with Crippen LogP contribution in [0.4, 0.5) is 0 Å². The topological polar surface area (TPSA) is 74.8 Å². The van der Waals surface area contributed by atoms with Gasteiger partial charge in [-0.05, 0) is 36.8 Å². The number of pyridine rings is 1. The molecule has 1 aliphatic rings. The Labute approximate surface area is 165 Å². The van der Waals surface area contributed by atoms with E-state index < -0.39 is 0 Å². The Morgan fingerprint density at radius 3 is 2.50 bits per heavy atom. The summed E-state index contributed by atoms with van der Waals surface area (Å²) in [6.45, 7) is 6.15. The third-order valence-corrected chi connectivity index (χ3v) is 4.71. The number of ether oxygens (including phenoxy) is 1. The van der Waals surface area contributed by atoms with Gasteiger partial charge in [-0.1, -0.05) is 12.1 Å². The molecule has 0 bridgehead atoms. The summed E-state index contributed by atoms with van der Waals surface area (Å²) >= 11 is 0. The van der Waals surface area contributed by atoms with Gasteiger partial charge in [0, 0.05) is 45.1 Å². The number of hydrogen-bond donors (Lipinski definition) is 1. The summed E-state index contributed by atoms with van der Waals surface area (Å²) in [5, 5.41) is 2.72. The van der Waals surface area contributed by atoms with E-state index in [2.05, 4.69) is 15.2 Å². The Balaban J connectivity index is 1.45. The second-order valence-corrected chi connectivity index (χ2v) is 6.62. The number of rotatable bonds is 7. The second kappa shape index (κ2) is 9.85. The molecule has 148 valence electrons. The molecule has 2 heterocycles.